The molecule has 6 heteroatoms. The zero-order valence-electron chi connectivity index (χ0n) is 14.8. The van der Waals surface area contributed by atoms with Crippen LogP contribution in [0.2, 0.25) is 0 Å². The van der Waals surface area contributed by atoms with Gasteiger partial charge in [-0.25, -0.2) is 4.90 Å². The first-order chi connectivity index (χ1) is 13.1. The molecule has 3 amide bonds. The quantitative estimate of drug-likeness (QED) is 0.809. The van der Waals surface area contributed by atoms with Crippen LogP contribution in [0.25, 0.3) is 0 Å². The van der Waals surface area contributed by atoms with Crippen molar-refractivity contribution in [2.24, 2.45) is 0 Å². The van der Waals surface area contributed by atoms with Crippen LogP contribution in [0.1, 0.15) is 24.0 Å². The summed E-state index contributed by atoms with van der Waals surface area (Å²) >= 11 is 1.22. The zero-order valence-corrected chi connectivity index (χ0v) is 15.6. The largest absolute Gasteiger partial charge is 0.325 e. The molecule has 1 saturated heterocycles. The molecule has 0 radical (unpaired) electrons. The standard InChI is InChI=1S/C21H20N2O3S/c24-19(22-16-10-9-14-5-4-6-15(14)11-16)13-27-18-12-20(25)23(21(18)26)17-7-2-1-3-8-17/h1-3,7-11,18H,4-6,12-13H2,(H,22,24)/t18-/m1/s1. The van der Waals surface area contributed by atoms with Crippen LogP contribution < -0.4 is 10.2 Å². The Morgan fingerprint density at radius 2 is 1.85 bits per heavy atom. The highest BCUT2D eigenvalue weighted by Gasteiger charge is 2.39. The van der Waals surface area contributed by atoms with Gasteiger partial charge in [0.15, 0.2) is 0 Å². The van der Waals surface area contributed by atoms with Crippen molar-refractivity contribution in [1.29, 1.82) is 0 Å². The van der Waals surface area contributed by atoms with E-state index in [1.807, 2.05) is 18.2 Å². The molecule has 4 rings (SSSR count). The highest BCUT2D eigenvalue weighted by atomic mass is 32.2. The average Bonchev–Trinajstić information content (AvgIpc) is 3.24. The predicted octanol–water partition coefficient (Wildman–Crippen LogP) is 3.18. The lowest BCUT2D eigenvalue weighted by atomic mass is 10.1. The molecule has 1 aliphatic carbocycles. The van der Waals surface area contributed by atoms with E-state index in [0.717, 1.165) is 24.9 Å². The molecule has 0 unspecified atom stereocenters. The Balaban J connectivity index is 1.34. The summed E-state index contributed by atoms with van der Waals surface area (Å²) in [6, 6.07) is 14.9. The fourth-order valence-corrected chi connectivity index (χ4v) is 4.54. The second-order valence-corrected chi connectivity index (χ2v) is 7.98. The van der Waals surface area contributed by atoms with Crippen LogP contribution in [0.5, 0.6) is 0 Å². The minimum atomic E-state index is -0.511. The zero-order chi connectivity index (χ0) is 18.8. The molecule has 1 atom stereocenters. The summed E-state index contributed by atoms with van der Waals surface area (Å²) in [5.41, 5.74) is 4.04. The lowest BCUT2D eigenvalue weighted by Crippen LogP contribution is -2.31. The minimum Gasteiger partial charge on any atom is -0.325 e. The molecule has 1 heterocycles. The highest BCUT2D eigenvalue weighted by Crippen LogP contribution is 2.30. The number of amides is 3. The summed E-state index contributed by atoms with van der Waals surface area (Å²) in [5.74, 6) is -0.482. The number of aryl methyl sites for hydroxylation is 2. The molecule has 0 aromatic heterocycles. The number of imide groups is 1. The van der Waals surface area contributed by atoms with Crippen LogP contribution in [0.4, 0.5) is 11.4 Å². The first-order valence-corrected chi connectivity index (χ1v) is 10.1. The third kappa shape index (κ3) is 3.76. The van der Waals surface area contributed by atoms with Crippen molar-refractivity contribution in [1.82, 2.24) is 0 Å². The third-order valence-electron chi connectivity index (χ3n) is 4.92. The number of nitrogens with one attached hydrogen (secondary N) is 1. The second-order valence-electron chi connectivity index (χ2n) is 6.79. The predicted molar refractivity (Wildman–Crippen MR) is 107 cm³/mol. The Morgan fingerprint density at radius 3 is 2.67 bits per heavy atom. The van der Waals surface area contributed by atoms with E-state index in [9.17, 15) is 14.4 Å². The van der Waals surface area contributed by atoms with Crippen molar-refractivity contribution in [2.75, 3.05) is 16.0 Å². The molecule has 1 fully saturated rings. The third-order valence-corrected chi connectivity index (χ3v) is 6.12. The maximum atomic E-state index is 12.6. The van der Waals surface area contributed by atoms with E-state index in [4.69, 9.17) is 0 Å². The van der Waals surface area contributed by atoms with Crippen LogP contribution in [0.15, 0.2) is 48.5 Å². The van der Waals surface area contributed by atoms with Crippen molar-refractivity contribution in [3.05, 3.63) is 59.7 Å². The monoisotopic (exact) mass is 380 g/mol. The van der Waals surface area contributed by atoms with Crippen LogP contribution in [-0.2, 0) is 27.2 Å². The first kappa shape index (κ1) is 17.8. The summed E-state index contributed by atoms with van der Waals surface area (Å²) in [6.45, 7) is 0. The average molecular weight is 380 g/mol. The Morgan fingerprint density at radius 1 is 1.07 bits per heavy atom. The number of anilines is 2. The molecule has 0 spiro atoms. The number of para-hydroxylation sites is 1. The van der Waals surface area contributed by atoms with E-state index >= 15 is 0 Å². The lowest BCUT2D eigenvalue weighted by molar-refractivity contribution is -0.121. The van der Waals surface area contributed by atoms with Gasteiger partial charge in [-0.05, 0) is 54.7 Å². The SMILES string of the molecule is O=C(CS[C@@H]1CC(=O)N(c2ccccc2)C1=O)Nc1ccc2c(c1)CCC2. The number of hydrogen-bond donors (Lipinski definition) is 1. The maximum absolute atomic E-state index is 12.6. The van der Waals surface area contributed by atoms with Crippen LogP contribution >= 0.6 is 11.8 Å². The minimum absolute atomic E-state index is 0.129. The number of thioether (sulfide) groups is 1. The molecule has 138 valence electrons. The molecular formula is C21H20N2O3S. The van der Waals surface area contributed by atoms with Gasteiger partial charge in [-0.1, -0.05) is 24.3 Å². The molecule has 1 aliphatic heterocycles. The Labute approximate surface area is 162 Å². The summed E-state index contributed by atoms with van der Waals surface area (Å²) in [7, 11) is 0. The van der Waals surface area contributed by atoms with Gasteiger partial charge in [-0.3, -0.25) is 14.4 Å². The summed E-state index contributed by atoms with van der Waals surface area (Å²) in [6.07, 6.45) is 3.46. The van der Waals surface area contributed by atoms with E-state index < -0.39 is 5.25 Å². The van der Waals surface area contributed by atoms with Gasteiger partial charge in [0.2, 0.25) is 17.7 Å². The van der Waals surface area contributed by atoms with Gasteiger partial charge in [0, 0.05) is 12.1 Å². The van der Waals surface area contributed by atoms with Gasteiger partial charge < -0.3 is 5.32 Å². The van der Waals surface area contributed by atoms with Crippen molar-refractivity contribution in [3.63, 3.8) is 0 Å². The molecular weight excluding hydrogens is 360 g/mol. The van der Waals surface area contributed by atoms with Gasteiger partial charge in [-0.2, -0.15) is 0 Å². The fraction of sp³-hybridized carbons (Fsp3) is 0.286. The number of fused-ring (bicyclic) bond motifs is 1. The van der Waals surface area contributed by atoms with E-state index in [1.54, 1.807) is 24.3 Å². The van der Waals surface area contributed by atoms with Crippen LogP contribution in [0, 0.1) is 0 Å². The smallest absolute Gasteiger partial charge is 0.247 e. The van der Waals surface area contributed by atoms with E-state index in [1.165, 1.54) is 27.8 Å². The molecule has 5 nitrogen and oxygen atoms in total. The summed E-state index contributed by atoms with van der Waals surface area (Å²) in [5, 5.41) is 2.38. The van der Waals surface area contributed by atoms with Crippen molar-refractivity contribution in [3.8, 4) is 0 Å². The maximum Gasteiger partial charge on any atom is 0.247 e. The first-order valence-electron chi connectivity index (χ1n) is 9.07. The number of rotatable bonds is 5. The number of carbonyl (C=O) groups excluding carboxylic acids is 3. The molecule has 0 bridgehead atoms. The fourth-order valence-electron chi connectivity index (χ4n) is 3.61. The normalized spacial score (nSPS) is 18.7. The topological polar surface area (TPSA) is 66.5 Å². The lowest BCUT2D eigenvalue weighted by Gasteiger charge is -2.14. The Bertz CT molecular complexity index is 898. The van der Waals surface area contributed by atoms with Gasteiger partial charge in [0.1, 0.15) is 0 Å². The van der Waals surface area contributed by atoms with Crippen molar-refractivity contribution in [2.45, 2.75) is 30.9 Å². The van der Waals surface area contributed by atoms with Gasteiger partial charge in [-0.15, -0.1) is 11.8 Å². The molecule has 2 aromatic carbocycles. The molecule has 2 aliphatic rings. The van der Waals surface area contributed by atoms with E-state index in [2.05, 4.69) is 11.4 Å². The summed E-state index contributed by atoms with van der Waals surface area (Å²) < 4.78 is 0. The number of nitrogens with zero attached hydrogens (tertiary/aromatic N) is 1. The highest BCUT2D eigenvalue weighted by molar-refractivity contribution is 8.01. The Kier molecular flexibility index (Phi) is 4.99. The molecule has 0 saturated carbocycles. The van der Waals surface area contributed by atoms with Crippen molar-refractivity contribution >= 4 is 40.9 Å². The second kappa shape index (κ2) is 7.56. The Hall–Kier alpha value is -2.60. The number of carbonyl (C=O) groups is 3. The van der Waals surface area contributed by atoms with Crippen LogP contribution in [-0.4, -0.2) is 28.7 Å². The number of hydrogen-bond acceptors (Lipinski definition) is 4. The van der Waals surface area contributed by atoms with Gasteiger partial charge in [0.25, 0.3) is 0 Å². The van der Waals surface area contributed by atoms with E-state index in [0.29, 0.717) is 5.69 Å². The van der Waals surface area contributed by atoms with Gasteiger partial charge in [0.05, 0.1) is 16.7 Å². The van der Waals surface area contributed by atoms with Crippen LogP contribution in [0.3, 0.4) is 0 Å². The molecule has 1 N–H and O–H groups in total. The summed E-state index contributed by atoms with van der Waals surface area (Å²) in [4.78, 5) is 38.3. The van der Waals surface area contributed by atoms with Gasteiger partial charge >= 0.3 is 0 Å². The molecule has 2 aromatic rings. The van der Waals surface area contributed by atoms with E-state index in [-0.39, 0.29) is 29.9 Å². The van der Waals surface area contributed by atoms with Crippen molar-refractivity contribution < 1.29 is 14.4 Å². The number of benzene rings is 2. The molecule has 27 heavy (non-hydrogen) atoms.